The normalized spacial score (nSPS) is 12.0. The summed E-state index contributed by atoms with van der Waals surface area (Å²) in [5.41, 5.74) is 0.642. The molecule has 0 bridgehead atoms. The molecule has 0 atom stereocenters. The average Bonchev–Trinajstić information content (AvgIpc) is 3.02. The standard InChI is InChI=1S/C20H16F3NO2/c1-24(13-14-6-8-16(9-7-14)20(21,22)23)19(25)11-10-17-12-15-4-2-3-5-18(15)26-17/h2-12H,13H2,1H3/b11-10+. The largest absolute Gasteiger partial charge is 0.457 e. The third-order valence-corrected chi connectivity index (χ3v) is 3.91. The second-order valence-corrected chi connectivity index (χ2v) is 5.91. The molecule has 0 unspecified atom stereocenters. The van der Waals surface area contributed by atoms with Gasteiger partial charge in [0.2, 0.25) is 5.91 Å². The molecule has 1 amide bonds. The second-order valence-electron chi connectivity index (χ2n) is 5.91. The Kier molecular flexibility index (Phi) is 4.84. The van der Waals surface area contributed by atoms with Crippen LogP contribution >= 0.6 is 0 Å². The number of carbonyl (C=O) groups excluding carboxylic acids is 1. The Balaban J connectivity index is 1.64. The molecule has 6 heteroatoms. The summed E-state index contributed by atoms with van der Waals surface area (Å²) in [5, 5.41) is 0.942. The van der Waals surface area contributed by atoms with Crippen LogP contribution in [-0.2, 0) is 17.5 Å². The first-order valence-corrected chi connectivity index (χ1v) is 7.91. The Morgan fingerprint density at radius 1 is 1.12 bits per heavy atom. The molecule has 0 fully saturated rings. The van der Waals surface area contributed by atoms with Gasteiger partial charge in [0.1, 0.15) is 11.3 Å². The number of rotatable bonds is 4. The van der Waals surface area contributed by atoms with Gasteiger partial charge in [0, 0.05) is 25.1 Å². The van der Waals surface area contributed by atoms with Gasteiger partial charge in [-0.25, -0.2) is 0 Å². The van der Waals surface area contributed by atoms with E-state index in [1.54, 1.807) is 13.1 Å². The number of para-hydroxylation sites is 1. The van der Waals surface area contributed by atoms with Crippen LogP contribution in [0.1, 0.15) is 16.9 Å². The molecule has 0 aliphatic rings. The number of amides is 1. The molecule has 3 aromatic rings. The Labute approximate surface area is 148 Å². The van der Waals surface area contributed by atoms with E-state index in [4.69, 9.17) is 4.42 Å². The number of hydrogen-bond acceptors (Lipinski definition) is 2. The van der Waals surface area contributed by atoms with E-state index >= 15 is 0 Å². The molecule has 1 heterocycles. The highest BCUT2D eigenvalue weighted by Crippen LogP contribution is 2.29. The number of nitrogens with zero attached hydrogens (tertiary/aromatic N) is 1. The highest BCUT2D eigenvalue weighted by Gasteiger charge is 2.29. The summed E-state index contributed by atoms with van der Waals surface area (Å²) in [7, 11) is 1.59. The lowest BCUT2D eigenvalue weighted by atomic mass is 10.1. The first-order chi connectivity index (χ1) is 12.3. The Morgan fingerprint density at radius 2 is 1.81 bits per heavy atom. The van der Waals surface area contributed by atoms with Crippen LogP contribution in [0.5, 0.6) is 0 Å². The van der Waals surface area contributed by atoms with Crippen LogP contribution in [0.15, 0.2) is 65.1 Å². The van der Waals surface area contributed by atoms with Crippen molar-refractivity contribution in [1.29, 1.82) is 0 Å². The maximum atomic E-state index is 12.6. The summed E-state index contributed by atoms with van der Waals surface area (Å²) < 4.78 is 43.3. The zero-order valence-electron chi connectivity index (χ0n) is 14.0. The van der Waals surface area contributed by atoms with Crippen LogP contribution in [0.2, 0.25) is 0 Å². The van der Waals surface area contributed by atoms with Gasteiger partial charge in [-0.2, -0.15) is 13.2 Å². The van der Waals surface area contributed by atoms with Gasteiger partial charge in [-0.1, -0.05) is 30.3 Å². The van der Waals surface area contributed by atoms with E-state index < -0.39 is 11.7 Å². The Morgan fingerprint density at radius 3 is 2.46 bits per heavy atom. The van der Waals surface area contributed by atoms with Crippen LogP contribution < -0.4 is 0 Å². The molecule has 1 aromatic heterocycles. The fourth-order valence-electron chi connectivity index (χ4n) is 2.52. The molecule has 0 spiro atoms. The van der Waals surface area contributed by atoms with Crippen molar-refractivity contribution >= 4 is 23.0 Å². The first-order valence-electron chi connectivity index (χ1n) is 7.91. The Hall–Kier alpha value is -3.02. The summed E-state index contributed by atoms with van der Waals surface area (Å²) >= 11 is 0. The van der Waals surface area contributed by atoms with Crippen LogP contribution in [0, 0.1) is 0 Å². The topological polar surface area (TPSA) is 33.5 Å². The lowest BCUT2D eigenvalue weighted by molar-refractivity contribution is -0.137. The smallest absolute Gasteiger partial charge is 0.416 e. The summed E-state index contributed by atoms with van der Waals surface area (Å²) in [4.78, 5) is 13.6. The lowest BCUT2D eigenvalue weighted by Gasteiger charge is -2.15. The molecule has 0 aliphatic carbocycles. The fourth-order valence-corrected chi connectivity index (χ4v) is 2.52. The van der Waals surface area contributed by atoms with Gasteiger partial charge in [0.25, 0.3) is 0 Å². The summed E-state index contributed by atoms with van der Waals surface area (Å²) in [5.74, 6) is 0.285. The first kappa shape index (κ1) is 17.8. The van der Waals surface area contributed by atoms with Crippen LogP contribution in [0.25, 0.3) is 17.0 Å². The van der Waals surface area contributed by atoms with E-state index in [1.807, 2.05) is 30.3 Å². The summed E-state index contributed by atoms with van der Waals surface area (Å²) in [6, 6.07) is 14.1. The fraction of sp³-hybridized carbons (Fsp3) is 0.150. The molecule has 0 aliphatic heterocycles. The molecule has 26 heavy (non-hydrogen) atoms. The zero-order valence-corrected chi connectivity index (χ0v) is 14.0. The van der Waals surface area contributed by atoms with Crippen LogP contribution in [0.3, 0.4) is 0 Å². The van der Waals surface area contributed by atoms with Crippen molar-refractivity contribution in [1.82, 2.24) is 4.90 Å². The van der Waals surface area contributed by atoms with Crippen molar-refractivity contribution in [2.45, 2.75) is 12.7 Å². The molecule has 134 valence electrons. The van der Waals surface area contributed by atoms with Crippen LogP contribution in [0.4, 0.5) is 13.2 Å². The van der Waals surface area contributed by atoms with E-state index in [1.165, 1.54) is 23.1 Å². The second kappa shape index (κ2) is 7.07. The molecule has 2 aromatic carbocycles. The third kappa shape index (κ3) is 4.14. The van der Waals surface area contributed by atoms with E-state index in [0.717, 1.165) is 23.1 Å². The maximum Gasteiger partial charge on any atom is 0.416 e. The highest BCUT2D eigenvalue weighted by atomic mass is 19.4. The number of benzene rings is 2. The van der Waals surface area contributed by atoms with Gasteiger partial charge in [0.05, 0.1) is 5.56 Å². The maximum absolute atomic E-state index is 12.6. The number of halogens is 3. The molecule has 3 rings (SSSR count). The van der Waals surface area contributed by atoms with Crippen molar-refractivity contribution in [3.8, 4) is 0 Å². The molecule has 0 saturated carbocycles. The minimum Gasteiger partial charge on any atom is -0.457 e. The van der Waals surface area contributed by atoms with E-state index in [2.05, 4.69) is 0 Å². The minimum atomic E-state index is -4.37. The molecule has 0 radical (unpaired) electrons. The van der Waals surface area contributed by atoms with Crippen molar-refractivity contribution in [2.24, 2.45) is 0 Å². The predicted molar refractivity (Wildman–Crippen MR) is 93.2 cm³/mol. The number of furan rings is 1. The summed E-state index contributed by atoms with van der Waals surface area (Å²) in [6.45, 7) is 0.210. The van der Waals surface area contributed by atoms with Crippen molar-refractivity contribution in [3.05, 3.63) is 77.6 Å². The zero-order chi connectivity index (χ0) is 18.7. The van der Waals surface area contributed by atoms with Gasteiger partial charge >= 0.3 is 6.18 Å². The number of likely N-dealkylation sites (N-methyl/N-ethyl adjacent to an activating group) is 1. The molecular weight excluding hydrogens is 343 g/mol. The van der Waals surface area contributed by atoms with E-state index in [0.29, 0.717) is 11.3 Å². The minimum absolute atomic E-state index is 0.210. The van der Waals surface area contributed by atoms with Crippen LogP contribution in [-0.4, -0.2) is 17.9 Å². The van der Waals surface area contributed by atoms with Gasteiger partial charge in [-0.3, -0.25) is 4.79 Å². The van der Waals surface area contributed by atoms with Gasteiger partial charge < -0.3 is 9.32 Å². The number of alkyl halides is 3. The van der Waals surface area contributed by atoms with Gasteiger partial charge in [-0.05, 0) is 35.9 Å². The average molecular weight is 359 g/mol. The highest BCUT2D eigenvalue weighted by molar-refractivity contribution is 5.92. The number of hydrogen-bond donors (Lipinski definition) is 0. The van der Waals surface area contributed by atoms with Crippen molar-refractivity contribution in [2.75, 3.05) is 7.05 Å². The predicted octanol–water partition coefficient (Wildman–Crippen LogP) is 5.12. The van der Waals surface area contributed by atoms with Crippen molar-refractivity contribution in [3.63, 3.8) is 0 Å². The molecule has 0 saturated heterocycles. The molecule has 0 N–H and O–H groups in total. The summed E-state index contributed by atoms with van der Waals surface area (Å²) in [6.07, 6.45) is -1.41. The number of fused-ring (bicyclic) bond motifs is 1. The molecule has 3 nitrogen and oxygen atoms in total. The Bertz CT molecular complexity index is 907. The lowest BCUT2D eigenvalue weighted by Crippen LogP contribution is -2.24. The van der Waals surface area contributed by atoms with E-state index in [-0.39, 0.29) is 12.5 Å². The third-order valence-electron chi connectivity index (χ3n) is 3.91. The van der Waals surface area contributed by atoms with E-state index in [9.17, 15) is 18.0 Å². The quantitative estimate of drug-likeness (QED) is 0.606. The molecular formula is C20H16F3NO2. The van der Waals surface area contributed by atoms with Gasteiger partial charge in [0.15, 0.2) is 0 Å². The van der Waals surface area contributed by atoms with Gasteiger partial charge in [-0.15, -0.1) is 0 Å². The van der Waals surface area contributed by atoms with Crippen molar-refractivity contribution < 1.29 is 22.4 Å². The number of carbonyl (C=O) groups is 1. The SMILES string of the molecule is CN(Cc1ccc(C(F)(F)F)cc1)C(=O)/C=C/c1cc2ccccc2o1. The monoisotopic (exact) mass is 359 g/mol.